The van der Waals surface area contributed by atoms with Crippen LogP contribution in [0.3, 0.4) is 0 Å². The van der Waals surface area contributed by atoms with Crippen LogP contribution in [0.1, 0.15) is 28.1 Å². The molecule has 0 unspecified atom stereocenters. The van der Waals surface area contributed by atoms with E-state index in [9.17, 15) is 0 Å². The van der Waals surface area contributed by atoms with Crippen LogP contribution >= 0.6 is 0 Å². The third-order valence-corrected chi connectivity index (χ3v) is 4.25. The topological polar surface area (TPSA) is 53.9 Å². The number of hydrogen-bond donors (Lipinski definition) is 1. The standard InChI is InChI=1S/C21H25N5/c1-14-11-15(2)19(16(3)12-14)24-20-22-17(4)23-21(25-20)26(5)13-18-9-7-6-8-10-18/h6-12H,13H2,1-5H3,(H,22,23,24,25). The molecule has 0 spiro atoms. The Bertz CT molecular complexity index is 883. The van der Waals surface area contributed by atoms with Gasteiger partial charge in [-0.2, -0.15) is 15.0 Å². The summed E-state index contributed by atoms with van der Waals surface area (Å²) in [6.07, 6.45) is 0. The van der Waals surface area contributed by atoms with Crippen LogP contribution in [0.5, 0.6) is 0 Å². The van der Waals surface area contributed by atoms with Gasteiger partial charge in [0.2, 0.25) is 11.9 Å². The van der Waals surface area contributed by atoms with Crippen LogP contribution in [-0.2, 0) is 6.54 Å². The fourth-order valence-corrected chi connectivity index (χ4v) is 3.11. The smallest absolute Gasteiger partial charge is 0.232 e. The fourth-order valence-electron chi connectivity index (χ4n) is 3.11. The van der Waals surface area contributed by atoms with Crippen molar-refractivity contribution in [2.24, 2.45) is 0 Å². The van der Waals surface area contributed by atoms with Crippen molar-refractivity contribution in [3.8, 4) is 0 Å². The summed E-state index contributed by atoms with van der Waals surface area (Å²) >= 11 is 0. The van der Waals surface area contributed by atoms with Crippen molar-refractivity contribution in [2.75, 3.05) is 17.3 Å². The van der Waals surface area contributed by atoms with Crippen LogP contribution in [-0.4, -0.2) is 22.0 Å². The van der Waals surface area contributed by atoms with Gasteiger partial charge in [-0.05, 0) is 44.4 Å². The second kappa shape index (κ2) is 7.52. The second-order valence-electron chi connectivity index (χ2n) is 6.75. The zero-order valence-electron chi connectivity index (χ0n) is 16.0. The average molecular weight is 347 g/mol. The molecule has 0 bridgehead atoms. The van der Waals surface area contributed by atoms with E-state index in [1.165, 1.54) is 22.3 Å². The summed E-state index contributed by atoms with van der Waals surface area (Å²) in [6.45, 7) is 8.93. The number of anilines is 3. The van der Waals surface area contributed by atoms with Gasteiger partial charge in [-0.3, -0.25) is 0 Å². The Morgan fingerprint density at radius 1 is 0.885 bits per heavy atom. The molecule has 134 valence electrons. The summed E-state index contributed by atoms with van der Waals surface area (Å²) in [5, 5.41) is 3.38. The lowest BCUT2D eigenvalue weighted by Gasteiger charge is -2.19. The van der Waals surface area contributed by atoms with Gasteiger partial charge in [-0.25, -0.2) is 0 Å². The monoisotopic (exact) mass is 347 g/mol. The molecule has 3 aromatic rings. The summed E-state index contributed by atoms with van der Waals surface area (Å²) in [4.78, 5) is 15.6. The number of rotatable bonds is 5. The number of hydrogen-bond acceptors (Lipinski definition) is 5. The van der Waals surface area contributed by atoms with Crippen LogP contribution in [0.15, 0.2) is 42.5 Å². The van der Waals surface area contributed by atoms with Crippen LogP contribution < -0.4 is 10.2 Å². The summed E-state index contributed by atoms with van der Waals surface area (Å²) in [5.41, 5.74) is 5.88. The maximum Gasteiger partial charge on any atom is 0.232 e. The van der Waals surface area contributed by atoms with Gasteiger partial charge in [-0.1, -0.05) is 48.0 Å². The zero-order chi connectivity index (χ0) is 18.7. The third kappa shape index (κ3) is 4.17. The fraction of sp³-hybridized carbons (Fsp3) is 0.286. The molecule has 0 aliphatic rings. The number of nitrogens with one attached hydrogen (secondary N) is 1. The molecule has 5 nitrogen and oxygen atoms in total. The molecule has 1 N–H and O–H groups in total. The lowest BCUT2D eigenvalue weighted by molar-refractivity contribution is 0.841. The van der Waals surface area contributed by atoms with E-state index in [0.29, 0.717) is 17.7 Å². The first kappa shape index (κ1) is 17.9. The molecule has 0 atom stereocenters. The average Bonchev–Trinajstić information content (AvgIpc) is 2.58. The Balaban J connectivity index is 1.86. The Morgan fingerprint density at radius 3 is 2.19 bits per heavy atom. The van der Waals surface area contributed by atoms with E-state index < -0.39 is 0 Å². The molecule has 0 saturated heterocycles. The van der Waals surface area contributed by atoms with Gasteiger partial charge in [0, 0.05) is 19.3 Å². The summed E-state index contributed by atoms with van der Waals surface area (Å²) in [7, 11) is 1.99. The van der Waals surface area contributed by atoms with E-state index in [0.717, 1.165) is 12.2 Å². The van der Waals surface area contributed by atoms with Crippen molar-refractivity contribution in [3.05, 3.63) is 70.5 Å². The highest BCUT2D eigenvalue weighted by Crippen LogP contribution is 2.25. The van der Waals surface area contributed by atoms with Gasteiger partial charge in [0.1, 0.15) is 5.82 Å². The lowest BCUT2D eigenvalue weighted by Crippen LogP contribution is -2.20. The predicted octanol–water partition coefficient (Wildman–Crippen LogP) is 4.49. The molecule has 5 heteroatoms. The van der Waals surface area contributed by atoms with Gasteiger partial charge in [-0.15, -0.1) is 0 Å². The number of aromatic nitrogens is 3. The molecule has 3 rings (SSSR count). The summed E-state index contributed by atoms with van der Waals surface area (Å²) in [5.74, 6) is 1.92. The minimum Gasteiger partial charge on any atom is -0.339 e. The minimum atomic E-state index is 0.572. The Labute approximate surface area is 155 Å². The van der Waals surface area contributed by atoms with Crippen molar-refractivity contribution in [1.29, 1.82) is 0 Å². The highest BCUT2D eigenvalue weighted by Gasteiger charge is 2.11. The molecule has 0 aliphatic carbocycles. The van der Waals surface area contributed by atoms with Gasteiger partial charge < -0.3 is 10.2 Å². The summed E-state index contributed by atoms with van der Waals surface area (Å²) < 4.78 is 0. The number of nitrogens with zero attached hydrogens (tertiary/aromatic N) is 4. The maximum absolute atomic E-state index is 4.62. The normalized spacial score (nSPS) is 10.7. The first-order valence-electron chi connectivity index (χ1n) is 8.75. The van der Waals surface area contributed by atoms with Gasteiger partial charge in [0.05, 0.1) is 0 Å². The predicted molar refractivity (Wildman–Crippen MR) is 107 cm³/mol. The Kier molecular flexibility index (Phi) is 5.16. The third-order valence-electron chi connectivity index (χ3n) is 4.25. The van der Waals surface area contributed by atoms with Gasteiger partial charge in [0.15, 0.2) is 0 Å². The van der Waals surface area contributed by atoms with Crippen molar-refractivity contribution >= 4 is 17.6 Å². The summed E-state index contributed by atoms with van der Waals surface area (Å²) in [6, 6.07) is 14.6. The molecular weight excluding hydrogens is 322 g/mol. The van der Waals surface area contributed by atoms with Crippen LogP contribution in [0.4, 0.5) is 17.6 Å². The van der Waals surface area contributed by atoms with Crippen LogP contribution in [0, 0.1) is 27.7 Å². The molecule has 0 amide bonds. The molecule has 0 radical (unpaired) electrons. The molecule has 0 fully saturated rings. The van der Waals surface area contributed by atoms with Crippen molar-refractivity contribution in [1.82, 2.24) is 15.0 Å². The zero-order valence-corrected chi connectivity index (χ0v) is 16.0. The lowest BCUT2D eigenvalue weighted by atomic mass is 10.1. The Morgan fingerprint density at radius 2 is 1.54 bits per heavy atom. The largest absolute Gasteiger partial charge is 0.339 e. The quantitative estimate of drug-likeness (QED) is 0.737. The van der Waals surface area contributed by atoms with Crippen LogP contribution in [0.25, 0.3) is 0 Å². The van der Waals surface area contributed by atoms with E-state index in [1.54, 1.807) is 0 Å². The minimum absolute atomic E-state index is 0.572. The molecule has 0 aliphatic heterocycles. The molecule has 0 saturated carbocycles. The van der Waals surface area contributed by atoms with Crippen molar-refractivity contribution in [3.63, 3.8) is 0 Å². The van der Waals surface area contributed by atoms with Gasteiger partial charge >= 0.3 is 0 Å². The molecular formula is C21H25N5. The van der Waals surface area contributed by atoms with Crippen molar-refractivity contribution < 1.29 is 0 Å². The van der Waals surface area contributed by atoms with E-state index in [1.807, 2.05) is 37.1 Å². The molecule has 26 heavy (non-hydrogen) atoms. The van der Waals surface area contributed by atoms with E-state index in [4.69, 9.17) is 0 Å². The first-order chi connectivity index (χ1) is 12.4. The van der Waals surface area contributed by atoms with Crippen LogP contribution in [0.2, 0.25) is 0 Å². The maximum atomic E-state index is 4.62. The number of benzene rings is 2. The van der Waals surface area contributed by atoms with Gasteiger partial charge in [0.25, 0.3) is 0 Å². The molecule has 2 aromatic carbocycles. The van der Waals surface area contributed by atoms with E-state index >= 15 is 0 Å². The molecule has 1 aromatic heterocycles. The highest BCUT2D eigenvalue weighted by molar-refractivity contribution is 5.64. The Hall–Kier alpha value is -2.95. The molecule has 1 heterocycles. The van der Waals surface area contributed by atoms with E-state index in [-0.39, 0.29) is 0 Å². The SMILES string of the molecule is Cc1cc(C)c(Nc2nc(C)nc(N(C)Cc3ccccc3)n2)c(C)c1. The first-order valence-corrected chi connectivity index (χ1v) is 8.75. The second-order valence-corrected chi connectivity index (χ2v) is 6.75. The van der Waals surface area contributed by atoms with Crippen molar-refractivity contribution in [2.45, 2.75) is 34.2 Å². The number of aryl methyl sites for hydroxylation is 4. The highest BCUT2D eigenvalue weighted by atomic mass is 15.3. The van der Waals surface area contributed by atoms with E-state index in [2.05, 4.69) is 65.3 Å².